The summed E-state index contributed by atoms with van der Waals surface area (Å²) in [5.41, 5.74) is 2.42. The van der Waals surface area contributed by atoms with Crippen molar-refractivity contribution in [1.82, 2.24) is 5.48 Å². The van der Waals surface area contributed by atoms with E-state index in [2.05, 4.69) is 10.3 Å². The van der Waals surface area contributed by atoms with Gasteiger partial charge in [0.1, 0.15) is 0 Å². The fourth-order valence-electron chi connectivity index (χ4n) is 1.29. The quantitative estimate of drug-likeness (QED) is 0.676. The molecule has 0 heterocycles. The van der Waals surface area contributed by atoms with Crippen molar-refractivity contribution in [3.05, 3.63) is 0 Å². The van der Waals surface area contributed by atoms with Crippen molar-refractivity contribution in [2.75, 3.05) is 6.61 Å². The number of alkyl halides is 3. The molecule has 1 aliphatic carbocycles. The molecule has 1 rings (SSSR count). The molecule has 0 atom stereocenters. The lowest BCUT2D eigenvalue weighted by atomic mass is 10.3. The Morgan fingerprint density at radius 1 is 1.25 bits per heavy atom. The maximum Gasteiger partial charge on any atom is 0.413 e. The lowest BCUT2D eigenvalue weighted by molar-refractivity contribution is -0.192. The summed E-state index contributed by atoms with van der Waals surface area (Å²) in [7, 11) is 0. The largest absolute Gasteiger partial charge is 0.413 e. The minimum atomic E-state index is -4.23. The first-order valence-electron chi connectivity index (χ1n) is 4.02. The van der Waals surface area contributed by atoms with Gasteiger partial charge in [-0.05, 0) is 12.8 Å². The third-order valence-corrected chi connectivity index (χ3v) is 1.84. The van der Waals surface area contributed by atoms with Gasteiger partial charge in [-0.3, -0.25) is 4.84 Å². The van der Waals surface area contributed by atoms with Crippen molar-refractivity contribution in [3.8, 4) is 0 Å². The Hall–Kier alpha value is -0.290. The van der Waals surface area contributed by atoms with E-state index >= 15 is 0 Å². The van der Waals surface area contributed by atoms with Crippen molar-refractivity contribution in [3.63, 3.8) is 0 Å². The number of hydrogen-bond acceptors (Lipinski definition) is 2. The maximum atomic E-state index is 11.6. The summed E-state index contributed by atoms with van der Waals surface area (Å²) in [6.07, 6.45) is -0.249. The first-order valence-corrected chi connectivity index (χ1v) is 4.02. The van der Waals surface area contributed by atoms with Crippen LogP contribution >= 0.6 is 0 Å². The smallest absolute Gasteiger partial charge is 0.292 e. The number of nitrogens with one attached hydrogen (secondary N) is 1. The molecule has 0 spiro atoms. The zero-order valence-corrected chi connectivity index (χ0v) is 6.66. The number of halogens is 3. The van der Waals surface area contributed by atoms with E-state index in [0.29, 0.717) is 0 Å². The molecule has 0 aromatic carbocycles. The van der Waals surface area contributed by atoms with Gasteiger partial charge in [-0.2, -0.15) is 18.7 Å². The highest BCUT2D eigenvalue weighted by atomic mass is 19.4. The van der Waals surface area contributed by atoms with Gasteiger partial charge in [0.15, 0.2) is 6.61 Å². The Labute approximate surface area is 69.0 Å². The molecule has 0 aliphatic heterocycles. The Bertz CT molecular complexity index is 131. The molecule has 0 aromatic rings. The molecule has 1 N–H and O–H groups in total. The minimum Gasteiger partial charge on any atom is -0.292 e. The Balaban J connectivity index is 2.02. The van der Waals surface area contributed by atoms with Gasteiger partial charge in [-0.25, -0.2) is 0 Å². The first kappa shape index (κ1) is 9.80. The molecule has 1 fully saturated rings. The van der Waals surface area contributed by atoms with Gasteiger partial charge in [0.25, 0.3) is 0 Å². The summed E-state index contributed by atoms with van der Waals surface area (Å²) in [6, 6.07) is 0.118. The Kier molecular flexibility index (Phi) is 3.34. The van der Waals surface area contributed by atoms with Crippen LogP contribution in [0.1, 0.15) is 25.7 Å². The van der Waals surface area contributed by atoms with Crippen molar-refractivity contribution in [1.29, 1.82) is 0 Å². The first-order chi connectivity index (χ1) is 5.58. The fourth-order valence-corrected chi connectivity index (χ4v) is 1.29. The van der Waals surface area contributed by atoms with Gasteiger partial charge in [0.2, 0.25) is 0 Å². The summed E-state index contributed by atoms with van der Waals surface area (Å²) in [5, 5.41) is 0. The number of hydroxylamine groups is 1. The molecule has 12 heavy (non-hydrogen) atoms. The molecular formula is C7H12F3NO. The molecule has 72 valence electrons. The second-order valence-electron chi connectivity index (χ2n) is 3.00. The molecular weight excluding hydrogens is 171 g/mol. The van der Waals surface area contributed by atoms with Crippen LogP contribution in [0.3, 0.4) is 0 Å². The van der Waals surface area contributed by atoms with Crippen LogP contribution in [0, 0.1) is 0 Å². The Morgan fingerprint density at radius 2 is 1.83 bits per heavy atom. The van der Waals surface area contributed by atoms with Gasteiger partial charge in [-0.1, -0.05) is 12.8 Å². The van der Waals surface area contributed by atoms with Crippen molar-refractivity contribution < 1.29 is 18.0 Å². The summed E-state index contributed by atoms with van der Waals surface area (Å²) in [6.45, 7) is -1.20. The summed E-state index contributed by atoms with van der Waals surface area (Å²) in [4.78, 5) is 4.31. The van der Waals surface area contributed by atoms with Gasteiger partial charge in [0, 0.05) is 6.04 Å². The van der Waals surface area contributed by atoms with Gasteiger partial charge in [0.05, 0.1) is 0 Å². The SMILES string of the molecule is FC(F)(F)CONC1CCCC1. The van der Waals surface area contributed by atoms with Gasteiger partial charge in [-0.15, -0.1) is 0 Å². The maximum absolute atomic E-state index is 11.6. The lowest BCUT2D eigenvalue weighted by Gasteiger charge is -2.12. The summed E-state index contributed by atoms with van der Waals surface area (Å²) < 4.78 is 34.7. The topological polar surface area (TPSA) is 21.3 Å². The van der Waals surface area contributed by atoms with Crippen LogP contribution in [0.25, 0.3) is 0 Å². The van der Waals surface area contributed by atoms with Crippen LogP contribution in [0.5, 0.6) is 0 Å². The fraction of sp³-hybridized carbons (Fsp3) is 1.00. The van der Waals surface area contributed by atoms with Crippen molar-refractivity contribution in [2.45, 2.75) is 37.9 Å². The number of rotatable bonds is 3. The molecule has 0 unspecified atom stereocenters. The van der Waals surface area contributed by atoms with Crippen LogP contribution in [-0.4, -0.2) is 18.8 Å². The van der Waals surface area contributed by atoms with E-state index in [4.69, 9.17) is 0 Å². The zero-order valence-electron chi connectivity index (χ0n) is 6.66. The highest BCUT2D eigenvalue weighted by Gasteiger charge is 2.28. The molecule has 0 bridgehead atoms. The third-order valence-electron chi connectivity index (χ3n) is 1.84. The van der Waals surface area contributed by atoms with E-state index in [-0.39, 0.29) is 6.04 Å². The molecule has 1 saturated carbocycles. The highest BCUT2D eigenvalue weighted by molar-refractivity contribution is 4.69. The molecule has 0 amide bonds. The highest BCUT2D eigenvalue weighted by Crippen LogP contribution is 2.18. The summed E-state index contributed by atoms with van der Waals surface area (Å²) in [5.74, 6) is 0. The summed E-state index contributed by atoms with van der Waals surface area (Å²) >= 11 is 0. The average molecular weight is 183 g/mol. The molecule has 2 nitrogen and oxygen atoms in total. The van der Waals surface area contributed by atoms with E-state index in [1.54, 1.807) is 0 Å². The van der Waals surface area contributed by atoms with Crippen molar-refractivity contribution >= 4 is 0 Å². The standard InChI is InChI=1S/C7H12F3NO/c8-7(9,10)5-12-11-6-3-1-2-4-6/h6,11H,1-5H2. The van der Waals surface area contributed by atoms with E-state index in [1.807, 2.05) is 0 Å². The molecule has 0 aromatic heterocycles. The lowest BCUT2D eigenvalue weighted by Crippen LogP contribution is -2.31. The van der Waals surface area contributed by atoms with E-state index in [1.165, 1.54) is 0 Å². The second kappa shape index (κ2) is 4.09. The van der Waals surface area contributed by atoms with Gasteiger partial charge < -0.3 is 0 Å². The third kappa shape index (κ3) is 3.92. The monoisotopic (exact) mass is 183 g/mol. The van der Waals surface area contributed by atoms with E-state index in [9.17, 15) is 13.2 Å². The predicted molar refractivity (Wildman–Crippen MR) is 37.4 cm³/mol. The molecule has 0 radical (unpaired) electrons. The van der Waals surface area contributed by atoms with Crippen LogP contribution in [-0.2, 0) is 4.84 Å². The second-order valence-corrected chi connectivity index (χ2v) is 3.00. The minimum absolute atomic E-state index is 0.118. The van der Waals surface area contributed by atoms with Crippen LogP contribution in [0.15, 0.2) is 0 Å². The Morgan fingerprint density at radius 3 is 2.33 bits per heavy atom. The van der Waals surface area contributed by atoms with Crippen LogP contribution in [0.4, 0.5) is 13.2 Å². The van der Waals surface area contributed by atoms with E-state index < -0.39 is 12.8 Å². The zero-order chi connectivity index (χ0) is 9.03. The van der Waals surface area contributed by atoms with Crippen LogP contribution in [0.2, 0.25) is 0 Å². The number of hydrogen-bond donors (Lipinski definition) is 1. The molecule has 0 saturated heterocycles. The molecule has 5 heteroatoms. The van der Waals surface area contributed by atoms with E-state index in [0.717, 1.165) is 25.7 Å². The normalized spacial score (nSPS) is 20.2. The molecule has 1 aliphatic rings. The predicted octanol–water partition coefficient (Wildman–Crippen LogP) is 2.01. The van der Waals surface area contributed by atoms with Crippen molar-refractivity contribution in [2.24, 2.45) is 0 Å². The average Bonchev–Trinajstić information content (AvgIpc) is 2.36. The van der Waals surface area contributed by atoms with Crippen LogP contribution < -0.4 is 5.48 Å². The van der Waals surface area contributed by atoms with Gasteiger partial charge >= 0.3 is 6.18 Å².